The normalized spacial score (nSPS) is 19.1. The van der Waals surface area contributed by atoms with E-state index in [0.717, 1.165) is 31.8 Å². The lowest BCUT2D eigenvalue weighted by Crippen LogP contribution is -2.42. The first-order chi connectivity index (χ1) is 10.2. The Morgan fingerprint density at radius 1 is 1.43 bits per heavy atom. The summed E-state index contributed by atoms with van der Waals surface area (Å²) in [6.07, 6.45) is 0.883. The van der Waals surface area contributed by atoms with Crippen molar-refractivity contribution in [3.63, 3.8) is 0 Å². The minimum atomic E-state index is -0.0476. The minimum Gasteiger partial charge on any atom is -0.380 e. The Kier molecular flexibility index (Phi) is 6.02. The number of nitrogens with zero attached hydrogens (tertiary/aromatic N) is 1. The molecule has 1 fully saturated rings. The molecule has 2 amide bonds. The zero-order chi connectivity index (χ0) is 15.1. The van der Waals surface area contributed by atoms with Gasteiger partial charge in [-0.25, -0.2) is 4.79 Å². The Morgan fingerprint density at radius 2 is 2.29 bits per heavy atom. The number of carbonyl (C=O) groups excluding carboxylic acids is 1. The molecule has 21 heavy (non-hydrogen) atoms. The third-order valence-corrected chi connectivity index (χ3v) is 3.71. The zero-order valence-corrected chi connectivity index (χ0v) is 12.9. The molecule has 0 saturated carbocycles. The van der Waals surface area contributed by atoms with Gasteiger partial charge in [-0.1, -0.05) is 19.1 Å². The molecule has 2 N–H and O–H groups in total. The smallest absolute Gasteiger partial charge is 0.322 e. The second-order valence-electron chi connectivity index (χ2n) is 5.35. The van der Waals surface area contributed by atoms with Gasteiger partial charge in [0.15, 0.2) is 0 Å². The van der Waals surface area contributed by atoms with Crippen molar-refractivity contribution in [2.45, 2.75) is 32.9 Å². The molecule has 1 aromatic rings. The number of ether oxygens (including phenoxy) is 1. The Morgan fingerprint density at radius 3 is 3.10 bits per heavy atom. The average molecular weight is 291 g/mol. The van der Waals surface area contributed by atoms with Crippen LogP contribution >= 0.6 is 0 Å². The molecule has 1 aliphatic rings. The third-order valence-electron chi connectivity index (χ3n) is 3.71. The lowest BCUT2D eigenvalue weighted by Gasteiger charge is -2.26. The Bertz CT molecular complexity index is 465. The van der Waals surface area contributed by atoms with Crippen LogP contribution in [0.2, 0.25) is 0 Å². The van der Waals surface area contributed by atoms with E-state index in [0.29, 0.717) is 13.2 Å². The van der Waals surface area contributed by atoms with Gasteiger partial charge in [0.25, 0.3) is 0 Å². The highest BCUT2D eigenvalue weighted by atomic mass is 16.5. The fraction of sp³-hybridized carbons (Fsp3) is 0.562. The SMILES string of the molecule is CCNCc1cccc(NC(=O)N2CCOCCC2C)c1. The van der Waals surface area contributed by atoms with Crippen molar-refractivity contribution in [1.82, 2.24) is 10.2 Å². The summed E-state index contributed by atoms with van der Waals surface area (Å²) >= 11 is 0. The maximum Gasteiger partial charge on any atom is 0.322 e. The molecular weight excluding hydrogens is 266 g/mol. The van der Waals surface area contributed by atoms with E-state index in [1.54, 1.807) is 0 Å². The maximum atomic E-state index is 12.4. The van der Waals surface area contributed by atoms with Gasteiger partial charge >= 0.3 is 6.03 Å². The number of amides is 2. The molecule has 5 heteroatoms. The molecule has 1 saturated heterocycles. The molecule has 0 radical (unpaired) electrons. The van der Waals surface area contributed by atoms with Gasteiger partial charge < -0.3 is 20.3 Å². The van der Waals surface area contributed by atoms with Crippen LogP contribution in [-0.4, -0.2) is 43.3 Å². The van der Waals surface area contributed by atoms with Crippen LogP contribution in [0.15, 0.2) is 24.3 Å². The standard InChI is InChI=1S/C16H25N3O2/c1-3-17-12-14-5-4-6-15(11-14)18-16(20)19-8-10-21-9-7-13(19)2/h4-6,11,13,17H,3,7-10,12H2,1-2H3,(H,18,20). The first-order valence-electron chi connectivity index (χ1n) is 7.65. The quantitative estimate of drug-likeness (QED) is 0.896. The van der Waals surface area contributed by atoms with Crippen molar-refractivity contribution in [3.8, 4) is 0 Å². The number of hydrogen-bond donors (Lipinski definition) is 2. The van der Waals surface area contributed by atoms with Gasteiger partial charge in [-0.15, -0.1) is 0 Å². The number of benzene rings is 1. The number of carbonyl (C=O) groups is 1. The second-order valence-corrected chi connectivity index (χ2v) is 5.35. The molecule has 1 unspecified atom stereocenters. The molecule has 0 bridgehead atoms. The van der Waals surface area contributed by atoms with Crippen LogP contribution in [0.5, 0.6) is 0 Å². The number of nitrogens with one attached hydrogen (secondary N) is 2. The number of rotatable bonds is 4. The molecule has 1 aliphatic heterocycles. The molecule has 1 aromatic carbocycles. The molecule has 0 aliphatic carbocycles. The summed E-state index contributed by atoms with van der Waals surface area (Å²) in [6, 6.07) is 8.12. The van der Waals surface area contributed by atoms with E-state index in [4.69, 9.17) is 4.74 Å². The van der Waals surface area contributed by atoms with Crippen LogP contribution < -0.4 is 10.6 Å². The summed E-state index contributed by atoms with van der Waals surface area (Å²) in [4.78, 5) is 14.3. The molecule has 1 heterocycles. The van der Waals surface area contributed by atoms with Crippen LogP contribution in [0.3, 0.4) is 0 Å². The monoisotopic (exact) mass is 291 g/mol. The predicted molar refractivity (Wildman–Crippen MR) is 84.4 cm³/mol. The van der Waals surface area contributed by atoms with E-state index in [9.17, 15) is 4.79 Å². The maximum absolute atomic E-state index is 12.4. The first kappa shape index (κ1) is 15.8. The van der Waals surface area contributed by atoms with Crippen LogP contribution in [-0.2, 0) is 11.3 Å². The molecule has 0 aromatic heterocycles. The van der Waals surface area contributed by atoms with Gasteiger partial charge in [0.1, 0.15) is 0 Å². The van der Waals surface area contributed by atoms with Crippen LogP contribution in [0.25, 0.3) is 0 Å². The number of urea groups is 1. The van der Waals surface area contributed by atoms with E-state index < -0.39 is 0 Å². The first-order valence-corrected chi connectivity index (χ1v) is 7.65. The molecule has 116 valence electrons. The van der Waals surface area contributed by atoms with Crippen molar-refractivity contribution in [2.75, 3.05) is 31.6 Å². The summed E-state index contributed by atoms with van der Waals surface area (Å²) in [5.74, 6) is 0. The topological polar surface area (TPSA) is 53.6 Å². The van der Waals surface area contributed by atoms with E-state index in [2.05, 4.69) is 30.5 Å². The van der Waals surface area contributed by atoms with Gasteiger partial charge in [-0.3, -0.25) is 0 Å². The van der Waals surface area contributed by atoms with Gasteiger partial charge in [-0.2, -0.15) is 0 Å². The summed E-state index contributed by atoms with van der Waals surface area (Å²) in [7, 11) is 0. The highest BCUT2D eigenvalue weighted by molar-refractivity contribution is 5.89. The summed E-state index contributed by atoms with van der Waals surface area (Å²) in [5, 5.41) is 6.27. The lowest BCUT2D eigenvalue weighted by molar-refractivity contribution is 0.143. The Balaban J connectivity index is 1.98. The van der Waals surface area contributed by atoms with Crippen molar-refractivity contribution in [3.05, 3.63) is 29.8 Å². The fourth-order valence-electron chi connectivity index (χ4n) is 2.42. The van der Waals surface area contributed by atoms with Crippen molar-refractivity contribution in [2.24, 2.45) is 0 Å². The Labute approximate surface area is 126 Å². The van der Waals surface area contributed by atoms with E-state index in [1.807, 2.05) is 23.1 Å². The van der Waals surface area contributed by atoms with E-state index in [1.165, 1.54) is 5.56 Å². The average Bonchev–Trinajstić information content (AvgIpc) is 2.70. The highest BCUT2D eigenvalue weighted by Gasteiger charge is 2.22. The molecule has 1 atom stereocenters. The van der Waals surface area contributed by atoms with Crippen molar-refractivity contribution >= 4 is 11.7 Å². The van der Waals surface area contributed by atoms with Gasteiger partial charge in [0.2, 0.25) is 0 Å². The number of hydrogen-bond acceptors (Lipinski definition) is 3. The fourth-order valence-corrected chi connectivity index (χ4v) is 2.42. The van der Waals surface area contributed by atoms with Crippen molar-refractivity contribution in [1.29, 1.82) is 0 Å². The molecular formula is C16H25N3O2. The summed E-state index contributed by atoms with van der Waals surface area (Å²) < 4.78 is 5.43. The Hall–Kier alpha value is -1.59. The van der Waals surface area contributed by atoms with E-state index >= 15 is 0 Å². The van der Waals surface area contributed by atoms with Gasteiger partial charge in [0.05, 0.1) is 6.61 Å². The molecule has 0 spiro atoms. The highest BCUT2D eigenvalue weighted by Crippen LogP contribution is 2.14. The minimum absolute atomic E-state index is 0.0476. The van der Waals surface area contributed by atoms with Crippen LogP contribution in [0, 0.1) is 0 Å². The van der Waals surface area contributed by atoms with Crippen LogP contribution in [0.4, 0.5) is 10.5 Å². The number of anilines is 1. The zero-order valence-electron chi connectivity index (χ0n) is 12.9. The second kappa shape index (κ2) is 8.00. The third kappa shape index (κ3) is 4.72. The molecule has 2 rings (SSSR count). The van der Waals surface area contributed by atoms with Gasteiger partial charge in [0, 0.05) is 31.4 Å². The molecule has 5 nitrogen and oxygen atoms in total. The summed E-state index contributed by atoms with van der Waals surface area (Å²) in [6.45, 7) is 7.87. The van der Waals surface area contributed by atoms with Crippen LogP contribution in [0.1, 0.15) is 25.8 Å². The van der Waals surface area contributed by atoms with Crippen molar-refractivity contribution < 1.29 is 9.53 Å². The van der Waals surface area contributed by atoms with E-state index in [-0.39, 0.29) is 12.1 Å². The van der Waals surface area contributed by atoms with Gasteiger partial charge in [-0.05, 0) is 37.6 Å². The summed E-state index contributed by atoms with van der Waals surface area (Å²) in [5.41, 5.74) is 2.01. The predicted octanol–water partition coefficient (Wildman–Crippen LogP) is 2.44. The largest absolute Gasteiger partial charge is 0.380 e. The lowest BCUT2D eigenvalue weighted by atomic mass is 10.2.